The maximum atomic E-state index is 5.77. The molecule has 0 saturated heterocycles. The predicted octanol–water partition coefficient (Wildman–Crippen LogP) is 5.14. The van der Waals surface area contributed by atoms with Crippen molar-refractivity contribution in [3.63, 3.8) is 0 Å². The van der Waals surface area contributed by atoms with E-state index in [9.17, 15) is 0 Å². The highest BCUT2D eigenvalue weighted by Gasteiger charge is 2.57. The lowest BCUT2D eigenvalue weighted by atomic mass is 9.45. The molecule has 7 atom stereocenters. The lowest BCUT2D eigenvalue weighted by Crippen LogP contribution is -2.52. The highest BCUT2D eigenvalue weighted by Crippen LogP contribution is 2.65. The van der Waals surface area contributed by atoms with Crippen molar-refractivity contribution in [1.82, 2.24) is 0 Å². The van der Waals surface area contributed by atoms with Crippen molar-refractivity contribution < 1.29 is 4.84 Å². The summed E-state index contributed by atoms with van der Waals surface area (Å²) in [6, 6.07) is 0.0663. The molecule has 3 heteroatoms. The average molecular weight is 347 g/mol. The third-order valence-electron chi connectivity index (χ3n) is 8.81. The van der Waals surface area contributed by atoms with Gasteiger partial charge in [-0.3, -0.25) is 0 Å². The third kappa shape index (κ3) is 3.05. The summed E-state index contributed by atoms with van der Waals surface area (Å²) in [7, 11) is 0. The van der Waals surface area contributed by atoms with Gasteiger partial charge in [0.2, 0.25) is 0 Å². The lowest BCUT2D eigenvalue weighted by molar-refractivity contribution is -0.0922. The van der Waals surface area contributed by atoms with Gasteiger partial charge in [-0.05, 0) is 99.2 Å². The van der Waals surface area contributed by atoms with E-state index in [0.29, 0.717) is 17.4 Å². The van der Waals surface area contributed by atoms with E-state index in [1.165, 1.54) is 63.5 Å². The molecule has 0 spiro atoms. The minimum atomic E-state index is 0.0663. The number of nitrogens with two attached hydrogens (primary N) is 1. The Morgan fingerprint density at radius 2 is 1.96 bits per heavy atom. The molecule has 0 aromatic rings. The summed E-state index contributed by atoms with van der Waals surface area (Å²) < 4.78 is 0. The number of hydrogen-bond donors (Lipinski definition) is 1. The molecule has 25 heavy (non-hydrogen) atoms. The van der Waals surface area contributed by atoms with E-state index in [1.54, 1.807) is 0 Å². The first-order valence-corrected chi connectivity index (χ1v) is 10.9. The number of fused-ring (bicyclic) bond motifs is 5. The minimum Gasteiger partial charge on any atom is -0.394 e. The molecule has 4 rings (SSSR count). The van der Waals surface area contributed by atoms with Crippen molar-refractivity contribution in [1.29, 1.82) is 0 Å². The quantitative estimate of drug-likeness (QED) is 0.719. The number of oxime groups is 1. The van der Waals surface area contributed by atoms with Crippen LogP contribution in [0.4, 0.5) is 0 Å². The molecule has 4 fully saturated rings. The summed E-state index contributed by atoms with van der Waals surface area (Å²) in [6.45, 7) is 7.75. The summed E-state index contributed by atoms with van der Waals surface area (Å²) in [6.07, 6.45) is 14.0. The van der Waals surface area contributed by atoms with Crippen LogP contribution in [0.1, 0.15) is 85.0 Å². The zero-order valence-corrected chi connectivity index (χ0v) is 16.6. The van der Waals surface area contributed by atoms with Crippen LogP contribution in [-0.4, -0.2) is 18.4 Å². The fourth-order valence-electron chi connectivity index (χ4n) is 7.38. The highest BCUT2D eigenvalue weighted by molar-refractivity contribution is 5.85. The second kappa shape index (κ2) is 6.55. The monoisotopic (exact) mass is 346 g/mol. The van der Waals surface area contributed by atoms with Gasteiger partial charge in [-0.25, -0.2) is 0 Å². The van der Waals surface area contributed by atoms with Gasteiger partial charge in [0.1, 0.15) is 6.61 Å². The van der Waals surface area contributed by atoms with Gasteiger partial charge in [0, 0.05) is 6.04 Å². The second-order valence-corrected chi connectivity index (χ2v) is 10.4. The standard InChI is InChI=1S/C22H38N2O/c1-15(23)14-25-24-17-8-12-22(3)16(13-17)6-7-18-19-5-4-10-21(19,2)11-9-20(18)22/h15-16,18-20H,4-14,23H2,1-3H3/t15-,16?,18-,19-,20-,21-,22-/m0/s1. The zero-order chi connectivity index (χ0) is 17.7. The largest absolute Gasteiger partial charge is 0.394 e. The Bertz CT molecular complexity index is 530. The molecular weight excluding hydrogens is 308 g/mol. The molecule has 0 amide bonds. The van der Waals surface area contributed by atoms with Crippen molar-refractivity contribution in [3.8, 4) is 0 Å². The lowest BCUT2D eigenvalue weighted by Gasteiger charge is -2.60. The Labute approximate surface area is 154 Å². The van der Waals surface area contributed by atoms with Crippen LogP contribution in [0.5, 0.6) is 0 Å². The average Bonchev–Trinajstić information content (AvgIpc) is 2.96. The maximum Gasteiger partial charge on any atom is 0.131 e. The maximum absolute atomic E-state index is 5.77. The second-order valence-electron chi connectivity index (χ2n) is 10.4. The molecule has 0 heterocycles. The van der Waals surface area contributed by atoms with Crippen molar-refractivity contribution in [3.05, 3.63) is 0 Å². The Morgan fingerprint density at radius 1 is 1.12 bits per heavy atom. The van der Waals surface area contributed by atoms with Gasteiger partial charge in [0.15, 0.2) is 0 Å². The van der Waals surface area contributed by atoms with Gasteiger partial charge in [-0.2, -0.15) is 0 Å². The van der Waals surface area contributed by atoms with Crippen molar-refractivity contribution in [2.45, 2.75) is 91.0 Å². The van der Waals surface area contributed by atoms with E-state index in [0.717, 1.165) is 30.1 Å². The van der Waals surface area contributed by atoms with Gasteiger partial charge in [0.05, 0.1) is 5.71 Å². The summed E-state index contributed by atoms with van der Waals surface area (Å²) in [5.74, 6) is 3.82. The third-order valence-corrected chi connectivity index (χ3v) is 8.81. The van der Waals surface area contributed by atoms with Crippen molar-refractivity contribution in [2.24, 2.45) is 45.4 Å². The molecule has 3 nitrogen and oxygen atoms in total. The fourth-order valence-corrected chi connectivity index (χ4v) is 7.38. The first-order valence-electron chi connectivity index (χ1n) is 10.9. The molecule has 0 aromatic carbocycles. The molecule has 0 bridgehead atoms. The Kier molecular flexibility index (Phi) is 4.67. The normalized spacial score (nSPS) is 49.2. The van der Waals surface area contributed by atoms with Crippen LogP contribution < -0.4 is 5.73 Å². The molecule has 0 aliphatic heterocycles. The Balaban J connectivity index is 1.46. The van der Waals surface area contributed by atoms with Gasteiger partial charge in [0.25, 0.3) is 0 Å². The summed E-state index contributed by atoms with van der Waals surface area (Å²) in [5, 5.41) is 4.45. The first kappa shape index (κ1) is 17.8. The van der Waals surface area contributed by atoms with Crippen molar-refractivity contribution in [2.75, 3.05) is 6.61 Å². The topological polar surface area (TPSA) is 47.6 Å². The van der Waals surface area contributed by atoms with E-state index in [4.69, 9.17) is 10.6 Å². The molecule has 4 aliphatic carbocycles. The Hall–Kier alpha value is -0.570. The molecule has 0 radical (unpaired) electrons. The van der Waals surface area contributed by atoms with Crippen LogP contribution in [0.15, 0.2) is 5.16 Å². The van der Waals surface area contributed by atoms with Crippen LogP contribution in [0.25, 0.3) is 0 Å². The summed E-state index contributed by atoms with van der Waals surface area (Å²) in [4.78, 5) is 5.49. The molecule has 0 aromatic heterocycles. The smallest absolute Gasteiger partial charge is 0.131 e. The Morgan fingerprint density at radius 3 is 2.76 bits per heavy atom. The van der Waals surface area contributed by atoms with Crippen LogP contribution in [0.2, 0.25) is 0 Å². The number of hydrogen-bond acceptors (Lipinski definition) is 3. The SMILES string of the molecule is C[C@H](N)CON=C1CC[C@@]2(C)C(CC[C@H]3[C@@H]4CCC[C@@]4(C)CC[C@@H]32)C1. The molecule has 4 saturated carbocycles. The van der Waals surface area contributed by atoms with E-state index >= 15 is 0 Å². The van der Waals surface area contributed by atoms with Crippen LogP contribution in [0, 0.1) is 34.5 Å². The fraction of sp³-hybridized carbons (Fsp3) is 0.955. The summed E-state index contributed by atoms with van der Waals surface area (Å²) >= 11 is 0. The van der Waals surface area contributed by atoms with E-state index < -0.39 is 0 Å². The predicted molar refractivity (Wildman–Crippen MR) is 103 cm³/mol. The van der Waals surface area contributed by atoms with Crippen LogP contribution in [-0.2, 0) is 4.84 Å². The summed E-state index contributed by atoms with van der Waals surface area (Å²) in [5.41, 5.74) is 8.29. The van der Waals surface area contributed by atoms with E-state index in [-0.39, 0.29) is 6.04 Å². The first-order chi connectivity index (χ1) is 11.9. The number of nitrogens with zero attached hydrogens (tertiary/aromatic N) is 1. The number of rotatable bonds is 3. The minimum absolute atomic E-state index is 0.0663. The highest BCUT2D eigenvalue weighted by atomic mass is 16.6. The van der Waals surface area contributed by atoms with Gasteiger partial charge in [-0.1, -0.05) is 25.4 Å². The molecule has 1 unspecified atom stereocenters. The van der Waals surface area contributed by atoms with Crippen LogP contribution >= 0.6 is 0 Å². The van der Waals surface area contributed by atoms with Gasteiger partial charge in [-0.15, -0.1) is 0 Å². The van der Waals surface area contributed by atoms with Gasteiger partial charge < -0.3 is 10.6 Å². The molecule has 142 valence electrons. The van der Waals surface area contributed by atoms with E-state index in [2.05, 4.69) is 19.0 Å². The molecular formula is C22H38N2O. The van der Waals surface area contributed by atoms with E-state index in [1.807, 2.05) is 6.92 Å². The van der Waals surface area contributed by atoms with Gasteiger partial charge >= 0.3 is 0 Å². The molecule has 2 N–H and O–H groups in total. The van der Waals surface area contributed by atoms with Crippen LogP contribution in [0.3, 0.4) is 0 Å². The molecule has 4 aliphatic rings. The van der Waals surface area contributed by atoms with Crippen molar-refractivity contribution >= 4 is 5.71 Å². The zero-order valence-electron chi connectivity index (χ0n) is 16.6.